The Balaban J connectivity index is 2.42. The number of rotatable bonds is 2. The highest BCUT2D eigenvalue weighted by Crippen LogP contribution is 2.19. The third-order valence-electron chi connectivity index (χ3n) is 3.09. The van der Waals surface area contributed by atoms with E-state index in [0.717, 1.165) is 5.56 Å². The largest absolute Gasteiger partial charge is 0.288 e. The van der Waals surface area contributed by atoms with Gasteiger partial charge in [0, 0.05) is 24.0 Å². The van der Waals surface area contributed by atoms with Gasteiger partial charge in [-0.2, -0.15) is 0 Å². The third kappa shape index (κ3) is 1.97. The van der Waals surface area contributed by atoms with Gasteiger partial charge >= 0.3 is 0 Å². The topological polar surface area (TPSA) is 60.7 Å². The molecule has 0 amide bonds. The Labute approximate surface area is 116 Å². The van der Waals surface area contributed by atoms with Crippen molar-refractivity contribution in [3.63, 3.8) is 0 Å². The fraction of sp³-hybridized carbons (Fsp3) is 0.200. The summed E-state index contributed by atoms with van der Waals surface area (Å²) < 4.78 is 1.66. The molecule has 5 heteroatoms. The number of aromatic nitrogens is 4. The van der Waals surface area contributed by atoms with Gasteiger partial charge in [0.15, 0.2) is 11.2 Å². The van der Waals surface area contributed by atoms with Gasteiger partial charge in [-0.1, -0.05) is 30.3 Å². The van der Waals surface area contributed by atoms with Gasteiger partial charge < -0.3 is 0 Å². The van der Waals surface area contributed by atoms with Crippen LogP contribution in [0.15, 0.2) is 47.5 Å². The number of hydrogen-bond acceptors (Lipinski definition) is 4. The van der Waals surface area contributed by atoms with E-state index in [4.69, 9.17) is 0 Å². The zero-order valence-corrected chi connectivity index (χ0v) is 11.3. The molecule has 20 heavy (non-hydrogen) atoms. The summed E-state index contributed by atoms with van der Waals surface area (Å²) in [5.41, 5.74) is 1.43. The van der Waals surface area contributed by atoms with Gasteiger partial charge in [-0.15, -0.1) is 0 Å². The molecule has 0 fully saturated rings. The standard InChI is InChI=1S/C15H14N4O/c1-10(2)19-14(11-6-4-3-5-7-11)18-13-12(15(19)20)16-8-9-17-13/h3-10H,1-2H3. The summed E-state index contributed by atoms with van der Waals surface area (Å²) in [5.74, 6) is 0.624. The van der Waals surface area contributed by atoms with Crippen LogP contribution < -0.4 is 5.56 Å². The van der Waals surface area contributed by atoms with Gasteiger partial charge in [0.25, 0.3) is 5.56 Å². The third-order valence-corrected chi connectivity index (χ3v) is 3.09. The Morgan fingerprint density at radius 1 is 1.05 bits per heavy atom. The Hall–Kier alpha value is -2.56. The molecule has 0 aliphatic rings. The summed E-state index contributed by atoms with van der Waals surface area (Å²) in [7, 11) is 0. The van der Waals surface area contributed by atoms with E-state index in [-0.39, 0.29) is 11.6 Å². The van der Waals surface area contributed by atoms with Crippen molar-refractivity contribution >= 4 is 11.2 Å². The lowest BCUT2D eigenvalue weighted by molar-refractivity contribution is 0.579. The molecule has 1 aromatic carbocycles. The fourth-order valence-electron chi connectivity index (χ4n) is 2.20. The average Bonchev–Trinajstić information content (AvgIpc) is 2.47. The Morgan fingerprint density at radius 2 is 1.75 bits per heavy atom. The highest BCUT2D eigenvalue weighted by molar-refractivity contribution is 5.71. The number of benzene rings is 1. The van der Waals surface area contributed by atoms with Crippen LogP contribution in [0.5, 0.6) is 0 Å². The molecule has 2 aromatic heterocycles. The first-order valence-corrected chi connectivity index (χ1v) is 6.47. The molecule has 3 aromatic rings. The van der Waals surface area contributed by atoms with Gasteiger partial charge in [-0.3, -0.25) is 9.36 Å². The molecule has 0 bridgehead atoms. The van der Waals surface area contributed by atoms with Crippen molar-refractivity contribution in [1.82, 2.24) is 19.5 Å². The minimum Gasteiger partial charge on any atom is -0.288 e. The van der Waals surface area contributed by atoms with Crippen molar-refractivity contribution in [1.29, 1.82) is 0 Å². The number of fused-ring (bicyclic) bond motifs is 1. The van der Waals surface area contributed by atoms with Crippen LogP contribution in [0, 0.1) is 0 Å². The SMILES string of the molecule is CC(C)n1c(-c2ccccc2)nc2nccnc2c1=O. The number of nitrogens with zero attached hydrogens (tertiary/aromatic N) is 4. The minimum atomic E-state index is -0.156. The van der Waals surface area contributed by atoms with Crippen LogP contribution in [0.2, 0.25) is 0 Å². The van der Waals surface area contributed by atoms with Gasteiger partial charge in [0.05, 0.1) is 0 Å². The predicted octanol–water partition coefficient (Wildman–Crippen LogP) is 2.43. The number of hydrogen-bond donors (Lipinski definition) is 0. The Kier molecular flexibility index (Phi) is 3.02. The van der Waals surface area contributed by atoms with E-state index in [0.29, 0.717) is 17.0 Å². The second-order valence-electron chi connectivity index (χ2n) is 4.80. The van der Waals surface area contributed by atoms with Crippen LogP contribution >= 0.6 is 0 Å². The molecule has 0 aliphatic heterocycles. The van der Waals surface area contributed by atoms with Crippen LogP contribution in [0.25, 0.3) is 22.6 Å². The zero-order chi connectivity index (χ0) is 14.1. The van der Waals surface area contributed by atoms with Crippen LogP contribution in [-0.2, 0) is 0 Å². The molecule has 100 valence electrons. The van der Waals surface area contributed by atoms with Crippen molar-refractivity contribution in [3.05, 3.63) is 53.1 Å². The first kappa shape index (κ1) is 12.5. The highest BCUT2D eigenvalue weighted by Gasteiger charge is 2.15. The molecule has 0 atom stereocenters. The van der Waals surface area contributed by atoms with E-state index in [9.17, 15) is 4.79 Å². The van der Waals surface area contributed by atoms with E-state index in [1.54, 1.807) is 10.8 Å². The van der Waals surface area contributed by atoms with Crippen molar-refractivity contribution in [2.24, 2.45) is 0 Å². The molecule has 0 N–H and O–H groups in total. The van der Waals surface area contributed by atoms with Crippen molar-refractivity contribution < 1.29 is 0 Å². The van der Waals surface area contributed by atoms with Crippen molar-refractivity contribution in [2.75, 3.05) is 0 Å². The highest BCUT2D eigenvalue weighted by atomic mass is 16.1. The molecule has 0 unspecified atom stereocenters. The first-order chi connectivity index (χ1) is 9.68. The smallest absolute Gasteiger partial charge is 0.282 e. The second kappa shape index (κ2) is 4.85. The van der Waals surface area contributed by atoms with Gasteiger partial charge in [0.2, 0.25) is 0 Å². The monoisotopic (exact) mass is 266 g/mol. The molecule has 0 saturated heterocycles. The van der Waals surface area contributed by atoms with Crippen LogP contribution in [0.3, 0.4) is 0 Å². The molecular weight excluding hydrogens is 252 g/mol. The maximum absolute atomic E-state index is 12.6. The summed E-state index contributed by atoms with van der Waals surface area (Å²) in [6.45, 7) is 3.91. The van der Waals surface area contributed by atoms with Crippen molar-refractivity contribution in [3.8, 4) is 11.4 Å². The minimum absolute atomic E-state index is 0.00314. The van der Waals surface area contributed by atoms with E-state index >= 15 is 0 Å². The van der Waals surface area contributed by atoms with Crippen LogP contribution in [0.4, 0.5) is 0 Å². The summed E-state index contributed by atoms with van der Waals surface area (Å²) in [6.07, 6.45) is 3.06. The maximum Gasteiger partial charge on any atom is 0.282 e. The lowest BCUT2D eigenvalue weighted by atomic mass is 10.2. The summed E-state index contributed by atoms with van der Waals surface area (Å²) in [5, 5.41) is 0. The normalized spacial score (nSPS) is 11.2. The van der Waals surface area contributed by atoms with Gasteiger partial charge in [0.1, 0.15) is 5.82 Å². The predicted molar refractivity (Wildman–Crippen MR) is 77.4 cm³/mol. The maximum atomic E-state index is 12.6. The molecule has 3 rings (SSSR count). The molecule has 5 nitrogen and oxygen atoms in total. The fourth-order valence-corrected chi connectivity index (χ4v) is 2.20. The van der Waals surface area contributed by atoms with Crippen molar-refractivity contribution in [2.45, 2.75) is 19.9 Å². The molecule has 0 radical (unpaired) electrons. The van der Waals surface area contributed by atoms with E-state index in [2.05, 4.69) is 15.0 Å². The lowest BCUT2D eigenvalue weighted by Crippen LogP contribution is -2.26. The van der Waals surface area contributed by atoms with Crippen LogP contribution in [0.1, 0.15) is 19.9 Å². The zero-order valence-electron chi connectivity index (χ0n) is 11.3. The Bertz CT molecular complexity index is 809. The molecule has 0 aliphatic carbocycles. The summed E-state index contributed by atoms with van der Waals surface area (Å²) in [4.78, 5) is 25.3. The molecule has 2 heterocycles. The van der Waals surface area contributed by atoms with Gasteiger partial charge in [-0.25, -0.2) is 15.0 Å². The lowest BCUT2D eigenvalue weighted by Gasteiger charge is -2.15. The van der Waals surface area contributed by atoms with Crippen LogP contribution in [-0.4, -0.2) is 19.5 Å². The second-order valence-corrected chi connectivity index (χ2v) is 4.80. The van der Waals surface area contributed by atoms with E-state index in [1.807, 2.05) is 44.2 Å². The molecule has 0 spiro atoms. The molecule has 0 saturated carbocycles. The van der Waals surface area contributed by atoms with E-state index < -0.39 is 0 Å². The summed E-state index contributed by atoms with van der Waals surface area (Å²) in [6, 6.07) is 9.64. The van der Waals surface area contributed by atoms with Gasteiger partial charge in [-0.05, 0) is 13.8 Å². The summed E-state index contributed by atoms with van der Waals surface area (Å²) >= 11 is 0. The molecular formula is C15H14N4O. The Morgan fingerprint density at radius 3 is 2.45 bits per heavy atom. The van der Waals surface area contributed by atoms with E-state index in [1.165, 1.54) is 6.20 Å². The quantitative estimate of drug-likeness (QED) is 0.714. The first-order valence-electron chi connectivity index (χ1n) is 6.47. The average molecular weight is 266 g/mol.